The van der Waals surface area contributed by atoms with E-state index in [9.17, 15) is 0 Å². The molecular weight excluding hydrogens is 396 g/mol. The highest BCUT2D eigenvalue weighted by Crippen LogP contribution is 2.19. The molecule has 0 saturated carbocycles. The molecule has 1 aromatic heterocycles. The van der Waals surface area contributed by atoms with Crippen molar-refractivity contribution in [2.75, 3.05) is 19.6 Å². The number of aliphatic imine (C=N–C) groups is 1. The molecule has 0 bridgehead atoms. The highest BCUT2D eigenvalue weighted by Gasteiger charge is 2.24. The maximum atomic E-state index is 4.82. The first kappa shape index (κ1) is 22.1. The Morgan fingerprint density at radius 1 is 1.00 bits per heavy atom. The minimum Gasteiger partial charge on any atom is -0.357 e. The summed E-state index contributed by atoms with van der Waals surface area (Å²) in [7, 11) is 0. The van der Waals surface area contributed by atoms with Crippen LogP contribution in [0.1, 0.15) is 36.7 Å². The molecule has 1 saturated heterocycles. The molecule has 2 aromatic carbocycles. The Morgan fingerprint density at radius 3 is 2.44 bits per heavy atom. The standard InChI is InChI=1S/C26H34N6/c1-2-27-26(29-18-24-14-9-16-31(24)20-22-10-5-3-6-11-22)30-19-25-28-15-17-32(25)21-23-12-7-4-8-13-23/h3-8,10-13,15,17,24H,2,9,14,16,18-21H2,1H3,(H2,27,29,30). The van der Waals surface area contributed by atoms with Gasteiger partial charge in [-0.2, -0.15) is 0 Å². The largest absolute Gasteiger partial charge is 0.357 e. The second-order valence-corrected chi connectivity index (χ2v) is 8.29. The Morgan fingerprint density at radius 2 is 1.72 bits per heavy atom. The number of guanidine groups is 1. The summed E-state index contributed by atoms with van der Waals surface area (Å²) < 4.78 is 2.17. The third-order valence-corrected chi connectivity index (χ3v) is 5.95. The zero-order chi connectivity index (χ0) is 22.0. The molecule has 3 aromatic rings. The number of imidazole rings is 1. The van der Waals surface area contributed by atoms with Gasteiger partial charge in [0, 0.05) is 44.6 Å². The van der Waals surface area contributed by atoms with E-state index in [4.69, 9.17) is 4.99 Å². The minimum atomic E-state index is 0.527. The average molecular weight is 431 g/mol. The van der Waals surface area contributed by atoms with Gasteiger partial charge in [0.1, 0.15) is 12.4 Å². The van der Waals surface area contributed by atoms with Crippen LogP contribution in [-0.2, 0) is 19.6 Å². The van der Waals surface area contributed by atoms with E-state index >= 15 is 0 Å². The van der Waals surface area contributed by atoms with Crippen LogP contribution in [0.2, 0.25) is 0 Å². The summed E-state index contributed by atoms with van der Waals surface area (Å²) >= 11 is 0. The third-order valence-electron chi connectivity index (χ3n) is 5.95. The molecule has 0 amide bonds. The summed E-state index contributed by atoms with van der Waals surface area (Å²) in [6, 6.07) is 21.7. The van der Waals surface area contributed by atoms with Crippen molar-refractivity contribution < 1.29 is 0 Å². The molecule has 1 aliphatic rings. The summed E-state index contributed by atoms with van der Waals surface area (Å²) in [6.45, 7) is 7.37. The zero-order valence-electron chi connectivity index (χ0n) is 19.0. The molecule has 0 aliphatic carbocycles. The summed E-state index contributed by atoms with van der Waals surface area (Å²) in [5.41, 5.74) is 2.64. The molecule has 6 heteroatoms. The van der Waals surface area contributed by atoms with E-state index in [1.165, 1.54) is 24.0 Å². The molecule has 4 rings (SSSR count). The van der Waals surface area contributed by atoms with E-state index in [1.54, 1.807) is 0 Å². The number of hydrogen-bond acceptors (Lipinski definition) is 3. The molecular formula is C26H34N6. The summed E-state index contributed by atoms with van der Waals surface area (Å²) in [4.78, 5) is 11.9. The van der Waals surface area contributed by atoms with E-state index in [0.717, 1.165) is 44.5 Å². The van der Waals surface area contributed by atoms with Gasteiger partial charge in [-0.1, -0.05) is 60.7 Å². The fourth-order valence-corrected chi connectivity index (χ4v) is 4.27. The van der Waals surface area contributed by atoms with Crippen molar-refractivity contribution in [3.05, 3.63) is 90.0 Å². The van der Waals surface area contributed by atoms with E-state index in [0.29, 0.717) is 12.6 Å². The summed E-state index contributed by atoms with van der Waals surface area (Å²) in [5.74, 6) is 1.82. The number of nitrogens with one attached hydrogen (secondary N) is 2. The van der Waals surface area contributed by atoms with Gasteiger partial charge in [-0.3, -0.25) is 4.90 Å². The Hall–Kier alpha value is -3.12. The molecule has 2 N–H and O–H groups in total. The molecule has 168 valence electrons. The monoisotopic (exact) mass is 430 g/mol. The Kier molecular flexibility index (Phi) is 7.93. The fraction of sp³-hybridized carbons (Fsp3) is 0.385. The topological polar surface area (TPSA) is 57.5 Å². The molecule has 6 nitrogen and oxygen atoms in total. The lowest BCUT2D eigenvalue weighted by Crippen LogP contribution is -2.44. The van der Waals surface area contributed by atoms with Crippen molar-refractivity contribution in [2.24, 2.45) is 4.99 Å². The van der Waals surface area contributed by atoms with Crippen molar-refractivity contribution in [3.63, 3.8) is 0 Å². The van der Waals surface area contributed by atoms with Crippen LogP contribution in [0.25, 0.3) is 0 Å². The fourth-order valence-electron chi connectivity index (χ4n) is 4.27. The second kappa shape index (κ2) is 11.5. The maximum absolute atomic E-state index is 4.82. The molecule has 1 fully saturated rings. The van der Waals surface area contributed by atoms with Gasteiger partial charge in [0.05, 0.1) is 0 Å². The van der Waals surface area contributed by atoms with Gasteiger partial charge >= 0.3 is 0 Å². The smallest absolute Gasteiger partial charge is 0.191 e. The molecule has 32 heavy (non-hydrogen) atoms. The van der Waals surface area contributed by atoms with Crippen LogP contribution in [0.4, 0.5) is 0 Å². The Labute approximate surface area is 191 Å². The van der Waals surface area contributed by atoms with Crippen LogP contribution in [0, 0.1) is 0 Å². The highest BCUT2D eigenvalue weighted by atomic mass is 15.2. The van der Waals surface area contributed by atoms with Crippen molar-refractivity contribution in [3.8, 4) is 0 Å². The number of aromatic nitrogens is 2. The van der Waals surface area contributed by atoms with Crippen LogP contribution in [-0.4, -0.2) is 46.1 Å². The van der Waals surface area contributed by atoms with E-state index < -0.39 is 0 Å². The van der Waals surface area contributed by atoms with Gasteiger partial charge in [-0.25, -0.2) is 9.98 Å². The first-order valence-corrected chi connectivity index (χ1v) is 11.7. The summed E-state index contributed by atoms with van der Waals surface area (Å²) in [6.07, 6.45) is 6.36. The van der Waals surface area contributed by atoms with Gasteiger partial charge in [-0.05, 0) is 37.4 Å². The van der Waals surface area contributed by atoms with Gasteiger partial charge in [0.2, 0.25) is 0 Å². The van der Waals surface area contributed by atoms with Gasteiger partial charge < -0.3 is 15.2 Å². The number of nitrogens with zero attached hydrogens (tertiary/aromatic N) is 4. The van der Waals surface area contributed by atoms with Crippen molar-refractivity contribution >= 4 is 5.96 Å². The maximum Gasteiger partial charge on any atom is 0.191 e. The van der Waals surface area contributed by atoms with Crippen molar-refractivity contribution in [1.82, 2.24) is 25.1 Å². The second-order valence-electron chi connectivity index (χ2n) is 8.29. The lowest BCUT2D eigenvalue weighted by atomic mass is 10.2. The van der Waals surface area contributed by atoms with Gasteiger partial charge in [0.15, 0.2) is 5.96 Å². The molecule has 0 radical (unpaired) electrons. The first-order chi connectivity index (χ1) is 15.8. The van der Waals surface area contributed by atoms with Crippen LogP contribution in [0.5, 0.6) is 0 Å². The van der Waals surface area contributed by atoms with Crippen LogP contribution in [0.15, 0.2) is 78.0 Å². The highest BCUT2D eigenvalue weighted by molar-refractivity contribution is 5.79. The number of hydrogen-bond donors (Lipinski definition) is 2. The molecule has 1 unspecified atom stereocenters. The normalized spacial score (nSPS) is 16.9. The van der Waals surface area contributed by atoms with Crippen LogP contribution in [0.3, 0.4) is 0 Å². The van der Waals surface area contributed by atoms with Gasteiger partial charge in [0.25, 0.3) is 0 Å². The third kappa shape index (κ3) is 6.20. The Balaban J connectivity index is 1.34. The summed E-state index contributed by atoms with van der Waals surface area (Å²) in [5, 5.41) is 6.96. The molecule has 0 spiro atoms. The first-order valence-electron chi connectivity index (χ1n) is 11.7. The lowest BCUT2D eigenvalue weighted by molar-refractivity contribution is 0.245. The van der Waals surface area contributed by atoms with Crippen molar-refractivity contribution in [1.29, 1.82) is 0 Å². The predicted octanol–water partition coefficient (Wildman–Crippen LogP) is 3.65. The minimum absolute atomic E-state index is 0.527. The number of benzene rings is 2. The molecule has 2 heterocycles. The number of likely N-dealkylation sites (tertiary alicyclic amines) is 1. The SMILES string of the molecule is CCNC(=NCc1nccn1Cc1ccccc1)NCC1CCCN1Cc1ccccc1. The van der Waals surface area contributed by atoms with Crippen LogP contribution >= 0.6 is 0 Å². The van der Waals surface area contributed by atoms with Gasteiger partial charge in [-0.15, -0.1) is 0 Å². The van der Waals surface area contributed by atoms with E-state index in [2.05, 4.69) is 86.6 Å². The lowest BCUT2D eigenvalue weighted by Gasteiger charge is -2.25. The zero-order valence-corrected chi connectivity index (χ0v) is 19.0. The van der Waals surface area contributed by atoms with E-state index in [-0.39, 0.29) is 0 Å². The Bertz CT molecular complexity index is 966. The van der Waals surface area contributed by atoms with Crippen LogP contribution < -0.4 is 10.6 Å². The van der Waals surface area contributed by atoms with Crippen molar-refractivity contribution in [2.45, 2.75) is 45.4 Å². The molecule has 1 atom stereocenters. The number of rotatable bonds is 9. The molecule has 1 aliphatic heterocycles. The average Bonchev–Trinajstić information content (AvgIpc) is 3.46. The quantitative estimate of drug-likeness (QED) is 0.402. The predicted molar refractivity (Wildman–Crippen MR) is 130 cm³/mol. The van der Waals surface area contributed by atoms with E-state index in [1.807, 2.05) is 18.5 Å².